The van der Waals surface area contributed by atoms with Gasteiger partial charge in [-0.25, -0.2) is 0 Å². The van der Waals surface area contributed by atoms with Crippen molar-refractivity contribution in [2.75, 3.05) is 6.61 Å². The van der Waals surface area contributed by atoms with Crippen LogP contribution in [0.15, 0.2) is 60.7 Å². The average Bonchev–Trinajstić information content (AvgIpc) is 3.14. The van der Waals surface area contributed by atoms with Crippen LogP contribution >= 0.6 is 0 Å². The monoisotopic (exact) mass is 311 g/mol. The Balaban J connectivity index is 1.77. The molecule has 1 aliphatic heterocycles. The van der Waals surface area contributed by atoms with Crippen LogP contribution in [0.5, 0.6) is 0 Å². The van der Waals surface area contributed by atoms with Crippen molar-refractivity contribution in [2.45, 2.75) is 31.1 Å². The number of aliphatic hydroxyl groups is 1. The fraction of sp³-hybridized carbons (Fsp3) is 0.316. The van der Waals surface area contributed by atoms with Gasteiger partial charge in [0, 0.05) is 6.61 Å². The zero-order valence-corrected chi connectivity index (χ0v) is 12.9. The van der Waals surface area contributed by atoms with E-state index in [4.69, 9.17) is 4.74 Å². The van der Waals surface area contributed by atoms with Crippen LogP contribution in [-0.4, -0.2) is 23.7 Å². The Morgan fingerprint density at radius 1 is 1.04 bits per heavy atom. The quantitative estimate of drug-likeness (QED) is 0.892. The van der Waals surface area contributed by atoms with Crippen molar-refractivity contribution in [3.8, 4) is 0 Å². The summed E-state index contributed by atoms with van der Waals surface area (Å²) in [4.78, 5) is 12.5. The minimum atomic E-state index is -1.18. The van der Waals surface area contributed by atoms with E-state index >= 15 is 0 Å². The summed E-state index contributed by atoms with van der Waals surface area (Å²) in [6.45, 7) is 0.713. The lowest BCUT2D eigenvalue weighted by atomic mass is 9.98. The number of nitrogens with one attached hydrogen (secondary N) is 1. The van der Waals surface area contributed by atoms with Crippen LogP contribution in [0.2, 0.25) is 0 Å². The molecule has 1 amide bonds. The van der Waals surface area contributed by atoms with Gasteiger partial charge in [-0.2, -0.15) is 0 Å². The van der Waals surface area contributed by atoms with Crippen molar-refractivity contribution in [1.29, 1.82) is 0 Å². The van der Waals surface area contributed by atoms with Gasteiger partial charge >= 0.3 is 0 Å². The van der Waals surface area contributed by atoms with Gasteiger partial charge in [-0.3, -0.25) is 4.79 Å². The molecule has 0 saturated carbocycles. The van der Waals surface area contributed by atoms with Gasteiger partial charge in [-0.1, -0.05) is 60.7 Å². The largest absolute Gasteiger partial charge is 0.378 e. The molecule has 4 heteroatoms. The van der Waals surface area contributed by atoms with E-state index in [1.807, 2.05) is 36.4 Å². The van der Waals surface area contributed by atoms with Crippen LogP contribution in [0.3, 0.4) is 0 Å². The molecule has 2 aromatic carbocycles. The maximum Gasteiger partial charge on any atom is 0.254 e. The number of carbonyl (C=O) groups excluding carboxylic acids is 1. The highest BCUT2D eigenvalue weighted by Crippen LogP contribution is 2.27. The smallest absolute Gasteiger partial charge is 0.254 e. The van der Waals surface area contributed by atoms with Crippen LogP contribution in [0, 0.1) is 0 Å². The molecule has 0 bridgehead atoms. The third kappa shape index (κ3) is 3.78. The van der Waals surface area contributed by atoms with Crippen molar-refractivity contribution in [3.05, 3.63) is 71.8 Å². The summed E-state index contributed by atoms with van der Waals surface area (Å²) in [5, 5.41) is 13.2. The molecule has 1 fully saturated rings. The number of amides is 1. The van der Waals surface area contributed by atoms with E-state index < -0.39 is 12.0 Å². The summed E-state index contributed by atoms with van der Waals surface area (Å²) in [7, 11) is 0. The van der Waals surface area contributed by atoms with E-state index in [1.165, 1.54) is 0 Å². The van der Waals surface area contributed by atoms with Crippen molar-refractivity contribution in [3.63, 3.8) is 0 Å². The minimum Gasteiger partial charge on any atom is -0.378 e. The molecule has 120 valence electrons. The first-order valence-corrected chi connectivity index (χ1v) is 7.95. The molecule has 3 unspecified atom stereocenters. The molecule has 0 aliphatic carbocycles. The zero-order chi connectivity index (χ0) is 16.1. The van der Waals surface area contributed by atoms with Crippen LogP contribution in [0.1, 0.15) is 36.1 Å². The number of benzene rings is 2. The van der Waals surface area contributed by atoms with Gasteiger partial charge in [0.25, 0.3) is 5.91 Å². The van der Waals surface area contributed by atoms with Gasteiger partial charge in [0.15, 0.2) is 6.10 Å². The van der Waals surface area contributed by atoms with E-state index in [-0.39, 0.29) is 12.1 Å². The Labute approximate surface area is 136 Å². The molecule has 2 aromatic rings. The predicted molar refractivity (Wildman–Crippen MR) is 87.7 cm³/mol. The summed E-state index contributed by atoms with van der Waals surface area (Å²) in [6.07, 6.45) is 0.667. The van der Waals surface area contributed by atoms with Crippen molar-refractivity contribution in [1.82, 2.24) is 5.32 Å². The molecule has 1 aliphatic rings. The van der Waals surface area contributed by atoms with Crippen LogP contribution in [0.25, 0.3) is 0 Å². The second-order valence-corrected chi connectivity index (χ2v) is 5.76. The lowest BCUT2D eigenvalue weighted by Gasteiger charge is -2.26. The third-order valence-corrected chi connectivity index (χ3v) is 4.16. The molecule has 0 aromatic heterocycles. The lowest BCUT2D eigenvalue weighted by molar-refractivity contribution is -0.131. The van der Waals surface area contributed by atoms with Crippen LogP contribution in [0.4, 0.5) is 0 Å². The van der Waals surface area contributed by atoms with Gasteiger partial charge in [-0.05, 0) is 24.0 Å². The first-order chi connectivity index (χ1) is 11.3. The van der Waals surface area contributed by atoms with Gasteiger partial charge in [0.05, 0.1) is 12.1 Å². The number of hydrogen-bond acceptors (Lipinski definition) is 3. The van der Waals surface area contributed by atoms with E-state index in [9.17, 15) is 9.90 Å². The van der Waals surface area contributed by atoms with Gasteiger partial charge in [0.2, 0.25) is 0 Å². The summed E-state index contributed by atoms with van der Waals surface area (Å²) < 4.78 is 5.76. The molecule has 4 nitrogen and oxygen atoms in total. The van der Waals surface area contributed by atoms with Gasteiger partial charge < -0.3 is 15.2 Å². The Morgan fingerprint density at radius 3 is 2.22 bits per heavy atom. The molecule has 3 rings (SSSR count). The molecular formula is C19H21NO3. The maximum absolute atomic E-state index is 12.5. The Bertz CT molecular complexity index is 624. The van der Waals surface area contributed by atoms with Gasteiger partial charge in [0.1, 0.15) is 0 Å². The van der Waals surface area contributed by atoms with Crippen molar-refractivity contribution in [2.24, 2.45) is 0 Å². The number of rotatable bonds is 5. The van der Waals surface area contributed by atoms with E-state index in [1.54, 1.807) is 24.3 Å². The highest BCUT2D eigenvalue weighted by Gasteiger charge is 2.30. The molecule has 0 spiro atoms. The molecule has 0 radical (unpaired) electrons. The second-order valence-electron chi connectivity index (χ2n) is 5.76. The topological polar surface area (TPSA) is 58.6 Å². The summed E-state index contributed by atoms with van der Waals surface area (Å²) >= 11 is 0. The average molecular weight is 311 g/mol. The van der Waals surface area contributed by atoms with Gasteiger partial charge in [-0.15, -0.1) is 0 Å². The SMILES string of the molecule is O=C(NC(c1ccccc1)C1CCCO1)C(O)c1ccccc1. The summed E-state index contributed by atoms with van der Waals surface area (Å²) in [5.74, 6) is -0.402. The molecule has 2 N–H and O–H groups in total. The minimum absolute atomic E-state index is 0.0516. The molecule has 3 atom stereocenters. The predicted octanol–water partition coefficient (Wildman–Crippen LogP) is 2.76. The Morgan fingerprint density at radius 2 is 1.65 bits per heavy atom. The maximum atomic E-state index is 12.5. The summed E-state index contributed by atoms with van der Waals surface area (Å²) in [6, 6.07) is 18.5. The summed E-state index contributed by atoms with van der Waals surface area (Å²) in [5.41, 5.74) is 1.58. The number of aliphatic hydroxyl groups excluding tert-OH is 1. The van der Waals surface area contributed by atoms with E-state index in [2.05, 4.69) is 5.32 Å². The highest BCUT2D eigenvalue weighted by molar-refractivity contribution is 5.82. The van der Waals surface area contributed by atoms with E-state index in [0.29, 0.717) is 12.2 Å². The van der Waals surface area contributed by atoms with E-state index in [0.717, 1.165) is 18.4 Å². The molecule has 1 heterocycles. The van der Waals surface area contributed by atoms with Crippen molar-refractivity contribution < 1.29 is 14.6 Å². The molecule has 1 saturated heterocycles. The first-order valence-electron chi connectivity index (χ1n) is 7.95. The van der Waals surface area contributed by atoms with Crippen LogP contribution in [-0.2, 0) is 9.53 Å². The lowest BCUT2D eigenvalue weighted by Crippen LogP contribution is -2.38. The Hall–Kier alpha value is -2.17. The fourth-order valence-electron chi connectivity index (χ4n) is 2.94. The zero-order valence-electron chi connectivity index (χ0n) is 12.9. The standard InChI is InChI=1S/C19H21NO3/c21-18(15-10-5-2-6-11-15)19(22)20-17(16-12-7-13-23-16)14-8-3-1-4-9-14/h1-6,8-11,16-18,21H,7,12-13H2,(H,20,22). The Kier molecular flexibility index (Phi) is 5.05. The van der Waals surface area contributed by atoms with Crippen LogP contribution < -0.4 is 5.32 Å². The second kappa shape index (κ2) is 7.40. The number of carbonyl (C=O) groups is 1. The number of hydrogen-bond donors (Lipinski definition) is 2. The fourth-order valence-corrected chi connectivity index (χ4v) is 2.94. The molecular weight excluding hydrogens is 290 g/mol. The highest BCUT2D eigenvalue weighted by atomic mass is 16.5. The molecule has 23 heavy (non-hydrogen) atoms. The van der Waals surface area contributed by atoms with Crippen molar-refractivity contribution >= 4 is 5.91 Å². The number of ether oxygens (including phenoxy) is 1. The first kappa shape index (κ1) is 15.7. The normalized spacial score (nSPS) is 20.0. The third-order valence-electron chi connectivity index (χ3n) is 4.16.